The predicted molar refractivity (Wildman–Crippen MR) is 72.3 cm³/mol. The lowest BCUT2D eigenvalue weighted by molar-refractivity contribution is 0.240. The molecule has 0 fully saturated rings. The van der Waals surface area contributed by atoms with Crippen LogP contribution in [0.15, 0.2) is 27.4 Å². The van der Waals surface area contributed by atoms with Crippen molar-refractivity contribution in [3.8, 4) is 0 Å². The summed E-state index contributed by atoms with van der Waals surface area (Å²) in [6, 6.07) is 5.30. The molecule has 3 N–H and O–H groups in total. The number of aromatic amines is 1. The number of carbonyl (C=O) groups is 1. The highest BCUT2D eigenvalue weighted by molar-refractivity contribution is 5.74. The maximum atomic E-state index is 11.2. The van der Waals surface area contributed by atoms with Crippen molar-refractivity contribution in [2.24, 2.45) is 0 Å². The molecule has 1 heterocycles. The molecular formula is C13H17N3O3. The molecule has 0 aliphatic heterocycles. The first-order valence-corrected chi connectivity index (χ1v) is 6.01. The van der Waals surface area contributed by atoms with Gasteiger partial charge in [-0.1, -0.05) is 19.9 Å². The molecule has 19 heavy (non-hydrogen) atoms. The van der Waals surface area contributed by atoms with Gasteiger partial charge in [0.2, 0.25) is 0 Å². The van der Waals surface area contributed by atoms with Gasteiger partial charge in [-0.3, -0.25) is 4.98 Å². The fourth-order valence-electron chi connectivity index (χ4n) is 1.86. The minimum Gasteiger partial charge on any atom is -0.408 e. The molecule has 1 aromatic heterocycles. The van der Waals surface area contributed by atoms with E-state index in [-0.39, 0.29) is 11.4 Å². The van der Waals surface area contributed by atoms with Crippen molar-refractivity contribution in [1.82, 2.24) is 15.6 Å². The lowest BCUT2D eigenvalue weighted by Gasteiger charge is -2.25. The number of carbonyl (C=O) groups excluding carboxylic acids is 1. The molecule has 6 nitrogen and oxygen atoms in total. The first kappa shape index (κ1) is 13.2. The van der Waals surface area contributed by atoms with Crippen LogP contribution in [-0.4, -0.2) is 24.6 Å². The lowest BCUT2D eigenvalue weighted by atomic mass is 9.84. The molecule has 0 saturated heterocycles. The number of aromatic nitrogens is 1. The van der Waals surface area contributed by atoms with E-state index in [2.05, 4.69) is 15.6 Å². The van der Waals surface area contributed by atoms with Crippen molar-refractivity contribution in [1.29, 1.82) is 0 Å². The van der Waals surface area contributed by atoms with Gasteiger partial charge in [0.1, 0.15) is 0 Å². The van der Waals surface area contributed by atoms with E-state index in [9.17, 15) is 9.59 Å². The first-order valence-electron chi connectivity index (χ1n) is 6.01. The number of benzene rings is 1. The Kier molecular flexibility index (Phi) is 3.33. The second kappa shape index (κ2) is 4.79. The summed E-state index contributed by atoms with van der Waals surface area (Å²) in [5.41, 5.74) is 1.95. The lowest BCUT2D eigenvalue weighted by Crippen LogP contribution is -2.40. The van der Waals surface area contributed by atoms with E-state index in [0.29, 0.717) is 17.6 Å². The normalized spacial score (nSPS) is 11.5. The molecule has 0 aliphatic carbocycles. The van der Waals surface area contributed by atoms with Gasteiger partial charge in [-0.2, -0.15) is 0 Å². The summed E-state index contributed by atoms with van der Waals surface area (Å²) in [6.45, 7) is 4.52. The number of H-pyrrole nitrogens is 1. The second-order valence-corrected chi connectivity index (χ2v) is 5.04. The topological polar surface area (TPSA) is 87.1 Å². The maximum absolute atomic E-state index is 11.2. The van der Waals surface area contributed by atoms with Crippen molar-refractivity contribution in [3.05, 3.63) is 34.3 Å². The third-order valence-corrected chi connectivity index (χ3v) is 3.12. The molecule has 102 valence electrons. The number of fused-ring (bicyclic) bond motifs is 1. The molecule has 0 atom stereocenters. The summed E-state index contributed by atoms with van der Waals surface area (Å²) in [5.74, 6) is -0.464. The minimum atomic E-state index is -0.464. The van der Waals surface area contributed by atoms with Crippen LogP contribution in [-0.2, 0) is 5.41 Å². The van der Waals surface area contributed by atoms with E-state index in [4.69, 9.17) is 4.42 Å². The number of rotatable bonds is 3. The van der Waals surface area contributed by atoms with E-state index in [1.54, 1.807) is 13.1 Å². The van der Waals surface area contributed by atoms with Gasteiger partial charge < -0.3 is 15.1 Å². The van der Waals surface area contributed by atoms with E-state index in [1.165, 1.54) is 0 Å². The van der Waals surface area contributed by atoms with E-state index < -0.39 is 5.76 Å². The van der Waals surface area contributed by atoms with Crippen LogP contribution in [0, 0.1) is 0 Å². The number of nitrogens with one attached hydrogen (secondary N) is 3. The Balaban J connectivity index is 2.26. The van der Waals surface area contributed by atoms with Crippen LogP contribution < -0.4 is 16.4 Å². The maximum Gasteiger partial charge on any atom is 0.417 e. The molecule has 2 aromatic rings. The first-order chi connectivity index (χ1) is 8.92. The molecule has 0 radical (unpaired) electrons. The van der Waals surface area contributed by atoms with Gasteiger partial charge in [0, 0.05) is 19.0 Å². The Morgan fingerprint density at radius 3 is 2.84 bits per heavy atom. The van der Waals surface area contributed by atoms with Gasteiger partial charge in [-0.15, -0.1) is 0 Å². The van der Waals surface area contributed by atoms with Gasteiger partial charge >= 0.3 is 11.8 Å². The van der Waals surface area contributed by atoms with Crippen LogP contribution in [0.5, 0.6) is 0 Å². The third kappa shape index (κ3) is 2.78. The molecule has 0 saturated carbocycles. The molecule has 1 aromatic carbocycles. The molecule has 0 bridgehead atoms. The van der Waals surface area contributed by atoms with Gasteiger partial charge in [0.05, 0.1) is 5.52 Å². The van der Waals surface area contributed by atoms with E-state index >= 15 is 0 Å². The van der Waals surface area contributed by atoms with Crippen LogP contribution >= 0.6 is 0 Å². The highest BCUT2D eigenvalue weighted by atomic mass is 16.4. The van der Waals surface area contributed by atoms with Gasteiger partial charge in [-0.25, -0.2) is 9.59 Å². The summed E-state index contributed by atoms with van der Waals surface area (Å²) in [6.07, 6.45) is 0. The second-order valence-electron chi connectivity index (χ2n) is 5.04. The number of amides is 2. The minimum absolute atomic E-state index is 0.217. The average molecular weight is 263 g/mol. The summed E-state index contributed by atoms with van der Waals surface area (Å²) in [5, 5.41) is 5.29. The molecule has 2 amide bonds. The zero-order valence-electron chi connectivity index (χ0n) is 11.2. The zero-order valence-corrected chi connectivity index (χ0v) is 11.2. The van der Waals surface area contributed by atoms with Crippen LogP contribution in [0.2, 0.25) is 0 Å². The molecular weight excluding hydrogens is 246 g/mol. The molecule has 0 unspecified atom stereocenters. The number of oxazole rings is 1. The van der Waals surface area contributed by atoms with Gasteiger partial charge in [0.15, 0.2) is 5.58 Å². The van der Waals surface area contributed by atoms with Crippen LogP contribution in [0.3, 0.4) is 0 Å². The Bertz CT molecular complexity index is 654. The summed E-state index contributed by atoms with van der Waals surface area (Å²) in [7, 11) is 1.57. The largest absolute Gasteiger partial charge is 0.417 e. The summed E-state index contributed by atoms with van der Waals surface area (Å²) < 4.78 is 4.96. The van der Waals surface area contributed by atoms with E-state index in [0.717, 1.165) is 5.56 Å². The van der Waals surface area contributed by atoms with Crippen molar-refractivity contribution in [2.75, 3.05) is 13.6 Å². The fourth-order valence-corrected chi connectivity index (χ4v) is 1.86. The van der Waals surface area contributed by atoms with E-state index in [1.807, 2.05) is 26.0 Å². The molecule has 6 heteroatoms. The van der Waals surface area contributed by atoms with Crippen LogP contribution in [0.4, 0.5) is 4.79 Å². The Morgan fingerprint density at radius 2 is 2.16 bits per heavy atom. The van der Waals surface area contributed by atoms with Crippen molar-refractivity contribution < 1.29 is 9.21 Å². The summed E-state index contributed by atoms with van der Waals surface area (Å²) >= 11 is 0. The Hall–Kier alpha value is -2.24. The smallest absolute Gasteiger partial charge is 0.408 e. The number of hydrogen-bond donors (Lipinski definition) is 3. The Morgan fingerprint density at radius 1 is 1.42 bits per heavy atom. The average Bonchev–Trinajstić information content (AvgIpc) is 2.74. The molecule has 0 spiro atoms. The fraction of sp³-hybridized carbons (Fsp3) is 0.385. The molecule has 0 aliphatic rings. The monoisotopic (exact) mass is 263 g/mol. The highest BCUT2D eigenvalue weighted by Crippen LogP contribution is 2.25. The predicted octanol–water partition coefficient (Wildman–Crippen LogP) is 1.33. The van der Waals surface area contributed by atoms with Crippen molar-refractivity contribution >= 4 is 17.1 Å². The quantitative estimate of drug-likeness (QED) is 0.780. The Labute approximate surface area is 110 Å². The third-order valence-electron chi connectivity index (χ3n) is 3.12. The molecule has 2 rings (SSSR count). The zero-order chi connectivity index (χ0) is 14.0. The van der Waals surface area contributed by atoms with Crippen molar-refractivity contribution in [3.63, 3.8) is 0 Å². The van der Waals surface area contributed by atoms with Gasteiger partial charge in [-0.05, 0) is 17.7 Å². The van der Waals surface area contributed by atoms with Gasteiger partial charge in [0.25, 0.3) is 0 Å². The van der Waals surface area contributed by atoms with Crippen molar-refractivity contribution in [2.45, 2.75) is 19.3 Å². The van der Waals surface area contributed by atoms with Crippen LogP contribution in [0.1, 0.15) is 19.4 Å². The number of urea groups is 1. The SMILES string of the molecule is CNC(=O)NCC(C)(C)c1ccc2oc(=O)[nH]c2c1. The number of hydrogen-bond acceptors (Lipinski definition) is 3. The summed E-state index contributed by atoms with van der Waals surface area (Å²) in [4.78, 5) is 25.0. The standard InChI is InChI=1S/C13H17N3O3/c1-13(2,7-15-11(17)14-3)8-4-5-10-9(6-8)16-12(18)19-10/h4-6H,7H2,1-3H3,(H,16,18)(H2,14,15,17). The van der Waals surface area contributed by atoms with Crippen LogP contribution in [0.25, 0.3) is 11.1 Å². The highest BCUT2D eigenvalue weighted by Gasteiger charge is 2.22.